The van der Waals surface area contributed by atoms with Crippen LogP contribution in [0.15, 0.2) is 48.5 Å². The second-order valence-electron chi connectivity index (χ2n) is 4.49. The Morgan fingerprint density at radius 1 is 1.14 bits per heavy atom. The Kier molecular flexibility index (Phi) is 4.56. The van der Waals surface area contributed by atoms with Crippen LogP contribution in [0.1, 0.15) is 21.5 Å². The Morgan fingerprint density at radius 2 is 1.86 bits per heavy atom. The largest absolute Gasteiger partial charge is 0.506 e. The van der Waals surface area contributed by atoms with Gasteiger partial charge in [0.15, 0.2) is 5.78 Å². The molecule has 0 atom stereocenters. The number of carbonyl (C=O) groups is 1. The average molecular weight is 327 g/mol. The molecule has 0 aliphatic rings. The van der Waals surface area contributed by atoms with E-state index in [1.165, 1.54) is 36.4 Å². The Morgan fingerprint density at radius 3 is 2.50 bits per heavy atom. The van der Waals surface area contributed by atoms with Crippen molar-refractivity contribution in [2.45, 2.75) is 6.18 Å². The first-order valence-electron chi connectivity index (χ1n) is 6.15. The third-order valence-electron chi connectivity index (χ3n) is 2.87. The smallest absolute Gasteiger partial charge is 0.416 e. The fraction of sp³-hybridized carbons (Fsp3) is 0.0625. The Balaban J connectivity index is 2.22. The van der Waals surface area contributed by atoms with Crippen molar-refractivity contribution in [2.75, 3.05) is 0 Å². The molecule has 2 aromatic carbocycles. The summed E-state index contributed by atoms with van der Waals surface area (Å²) in [5.74, 6) is -0.654. The van der Waals surface area contributed by atoms with Crippen LogP contribution in [-0.4, -0.2) is 10.9 Å². The number of allylic oxidation sites excluding steroid dienone is 1. The second-order valence-corrected chi connectivity index (χ2v) is 4.89. The molecule has 0 saturated carbocycles. The Labute approximate surface area is 129 Å². The third-order valence-corrected chi connectivity index (χ3v) is 3.18. The van der Waals surface area contributed by atoms with Crippen LogP contribution in [0.5, 0.6) is 5.75 Å². The number of halogens is 4. The highest BCUT2D eigenvalue weighted by atomic mass is 35.5. The van der Waals surface area contributed by atoms with Gasteiger partial charge in [0.2, 0.25) is 0 Å². The molecule has 2 aromatic rings. The summed E-state index contributed by atoms with van der Waals surface area (Å²) >= 11 is 5.72. The number of rotatable bonds is 3. The molecule has 0 saturated heterocycles. The number of ketones is 1. The number of phenols is 1. The summed E-state index contributed by atoms with van der Waals surface area (Å²) < 4.78 is 37.8. The van der Waals surface area contributed by atoms with Gasteiger partial charge >= 0.3 is 6.18 Å². The second kappa shape index (κ2) is 6.23. The van der Waals surface area contributed by atoms with E-state index in [2.05, 4.69) is 0 Å². The van der Waals surface area contributed by atoms with Crippen molar-refractivity contribution in [2.24, 2.45) is 0 Å². The van der Waals surface area contributed by atoms with E-state index in [9.17, 15) is 23.1 Å². The number of benzene rings is 2. The molecule has 6 heteroatoms. The van der Waals surface area contributed by atoms with Crippen LogP contribution < -0.4 is 0 Å². The van der Waals surface area contributed by atoms with Crippen LogP contribution >= 0.6 is 11.6 Å². The van der Waals surface area contributed by atoms with Gasteiger partial charge in [-0.2, -0.15) is 13.2 Å². The maximum absolute atomic E-state index is 12.6. The highest BCUT2D eigenvalue weighted by molar-refractivity contribution is 6.32. The normalized spacial score (nSPS) is 11.8. The fourth-order valence-corrected chi connectivity index (χ4v) is 1.93. The zero-order valence-corrected chi connectivity index (χ0v) is 11.8. The van der Waals surface area contributed by atoms with E-state index in [0.717, 1.165) is 18.2 Å². The molecule has 2 rings (SSSR count). The summed E-state index contributed by atoms with van der Waals surface area (Å²) in [6.07, 6.45) is -1.93. The van der Waals surface area contributed by atoms with E-state index in [0.29, 0.717) is 5.56 Å². The number of phenolic OH excluding ortho intramolecular Hbond substituents is 1. The average Bonchev–Trinajstić information content (AvgIpc) is 2.47. The lowest BCUT2D eigenvalue weighted by atomic mass is 10.1. The summed E-state index contributed by atoms with van der Waals surface area (Å²) in [5, 5.41) is 9.40. The first-order valence-corrected chi connectivity index (χ1v) is 6.53. The minimum Gasteiger partial charge on any atom is -0.506 e. The summed E-state index contributed by atoms with van der Waals surface area (Å²) in [6.45, 7) is 0. The van der Waals surface area contributed by atoms with E-state index in [1.54, 1.807) is 0 Å². The summed E-state index contributed by atoms with van der Waals surface area (Å²) in [6, 6.07) is 8.52. The lowest BCUT2D eigenvalue weighted by Gasteiger charge is -2.07. The standard InChI is InChI=1S/C16H10ClF3O2/c17-13-8-10(5-7-15(13)22)4-6-14(21)11-2-1-3-12(9-11)16(18,19)20/h1-9,22H. The van der Waals surface area contributed by atoms with Gasteiger partial charge in [0.05, 0.1) is 10.6 Å². The van der Waals surface area contributed by atoms with E-state index in [-0.39, 0.29) is 16.3 Å². The van der Waals surface area contributed by atoms with Gasteiger partial charge in [-0.1, -0.05) is 35.9 Å². The van der Waals surface area contributed by atoms with E-state index in [4.69, 9.17) is 11.6 Å². The van der Waals surface area contributed by atoms with Crippen molar-refractivity contribution >= 4 is 23.5 Å². The Bertz CT molecular complexity index is 736. The van der Waals surface area contributed by atoms with Crippen LogP contribution in [0.25, 0.3) is 6.08 Å². The molecule has 0 aromatic heterocycles. The van der Waals surface area contributed by atoms with E-state index in [1.807, 2.05) is 0 Å². The molecule has 0 bridgehead atoms. The zero-order chi connectivity index (χ0) is 16.3. The van der Waals surface area contributed by atoms with Crippen molar-refractivity contribution in [3.05, 3.63) is 70.3 Å². The predicted octanol–water partition coefficient (Wildman–Crippen LogP) is 4.96. The molecule has 0 aliphatic carbocycles. The van der Waals surface area contributed by atoms with Crippen molar-refractivity contribution in [3.8, 4) is 5.75 Å². The molecule has 0 radical (unpaired) electrons. The predicted molar refractivity (Wildman–Crippen MR) is 77.9 cm³/mol. The summed E-state index contributed by atoms with van der Waals surface area (Å²) in [7, 11) is 0. The Hall–Kier alpha value is -2.27. The maximum atomic E-state index is 12.6. The maximum Gasteiger partial charge on any atom is 0.416 e. The molecule has 0 heterocycles. The molecule has 1 N–H and O–H groups in total. The van der Waals surface area contributed by atoms with Crippen LogP contribution in [-0.2, 0) is 6.18 Å². The quantitative estimate of drug-likeness (QED) is 0.639. The zero-order valence-electron chi connectivity index (χ0n) is 11.1. The van der Waals surface area contributed by atoms with Gasteiger partial charge in [0.1, 0.15) is 5.75 Å². The summed E-state index contributed by atoms with van der Waals surface area (Å²) in [5.41, 5.74) is -0.390. The fourth-order valence-electron chi connectivity index (χ4n) is 1.74. The monoisotopic (exact) mass is 326 g/mol. The van der Waals surface area contributed by atoms with Gasteiger partial charge in [0, 0.05) is 5.56 Å². The highest BCUT2D eigenvalue weighted by Crippen LogP contribution is 2.29. The molecule has 0 spiro atoms. The topological polar surface area (TPSA) is 37.3 Å². The molecule has 0 fully saturated rings. The number of aromatic hydroxyl groups is 1. The van der Waals surface area contributed by atoms with E-state index >= 15 is 0 Å². The van der Waals surface area contributed by atoms with Crippen LogP contribution in [0.2, 0.25) is 5.02 Å². The number of alkyl halides is 3. The van der Waals surface area contributed by atoms with Crippen molar-refractivity contribution < 1.29 is 23.1 Å². The lowest BCUT2D eigenvalue weighted by Crippen LogP contribution is -2.06. The highest BCUT2D eigenvalue weighted by Gasteiger charge is 2.30. The molecule has 114 valence electrons. The third kappa shape index (κ3) is 3.89. The summed E-state index contributed by atoms with van der Waals surface area (Å²) in [4.78, 5) is 11.9. The molecule has 0 amide bonds. The van der Waals surface area contributed by atoms with Crippen LogP contribution in [0.3, 0.4) is 0 Å². The number of hydrogen-bond donors (Lipinski definition) is 1. The van der Waals surface area contributed by atoms with Crippen molar-refractivity contribution in [1.29, 1.82) is 0 Å². The number of carbonyl (C=O) groups excluding carboxylic acids is 1. The van der Waals surface area contributed by atoms with Gasteiger partial charge in [-0.3, -0.25) is 4.79 Å². The first-order chi connectivity index (χ1) is 10.3. The van der Waals surface area contributed by atoms with Gasteiger partial charge in [-0.15, -0.1) is 0 Å². The van der Waals surface area contributed by atoms with Gasteiger partial charge in [-0.25, -0.2) is 0 Å². The SMILES string of the molecule is O=C(C=Cc1ccc(O)c(Cl)c1)c1cccc(C(F)(F)F)c1. The van der Waals surface area contributed by atoms with Crippen LogP contribution in [0.4, 0.5) is 13.2 Å². The minimum absolute atomic E-state index is 0.0593. The molecule has 0 aliphatic heterocycles. The first kappa shape index (κ1) is 16.1. The lowest BCUT2D eigenvalue weighted by molar-refractivity contribution is -0.137. The van der Waals surface area contributed by atoms with Crippen molar-refractivity contribution in [3.63, 3.8) is 0 Å². The molecular weight excluding hydrogens is 317 g/mol. The molecular formula is C16H10ClF3O2. The van der Waals surface area contributed by atoms with Gasteiger partial charge < -0.3 is 5.11 Å². The van der Waals surface area contributed by atoms with E-state index < -0.39 is 17.5 Å². The number of hydrogen-bond acceptors (Lipinski definition) is 2. The molecule has 2 nitrogen and oxygen atoms in total. The van der Waals surface area contributed by atoms with Gasteiger partial charge in [0.25, 0.3) is 0 Å². The van der Waals surface area contributed by atoms with Gasteiger partial charge in [-0.05, 0) is 35.9 Å². The van der Waals surface area contributed by atoms with Crippen molar-refractivity contribution in [1.82, 2.24) is 0 Å². The minimum atomic E-state index is -4.50. The van der Waals surface area contributed by atoms with Crippen LogP contribution in [0, 0.1) is 0 Å². The molecule has 22 heavy (non-hydrogen) atoms. The molecule has 0 unspecified atom stereocenters.